The van der Waals surface area contributed by atoms with Crippen LogP contribution in [0.4, 0.5) is 0 Å². The van der Waals surface area contributed by atoms with Crippen molar-refractivity contribution in [3.05, 3.63) is 23.3 Å². The molecule has 1 rings (SSSR count). The third kappa shape index (κ3) is 4.29. The molecule has 84 valence electrons. The van der Waals surface area contributed by atoms with Gasteiger partial charge in [-0.1, -0.05) is 36.2 Å². The summed E-state index contributed by atoms with van der Waals surface area (Å²) >= 11 is 3.69. The lowest BCUT2D eigenvalue weighted by Crippen LogP contribution is -2.07. The molecule has 0 spiro atoms. The molecule has 0 bridgehead atoms. The van der Waals surface area contributed by atoms with E-state index in [1.54, 1.807) is 0 Å². The molecule has 1 aromatic heterocycles. The maximum atomic E-state index is 4.46. The number of hydrogen-bond donors (Lipinski definition) is 0. The zero-order valence-corrected chi connectivity index (χ0v) is 11.3. The van der Waals surface area contributed by atoms with Gasteiger partial charge in [0.2, 0.25) is 0 Å². The van der Waals surface area contributed by atoms with Crippen LogP contribution in [-0.2, 0) is 12.8 Å². The zero-order chi connectivity index (χ0) is 11.3. The first kappa shape index (κ1) is 12.6. The summed E-state index contributed by atoms with van der Waals surface area (Å²) < 4.78 is 0. The Balaban J connectivity index is 2.71. The maximum absolute atomic E-state index is 4.46. The van der Waals surface area contributed by atoms with Gasteiger partial charge in [-0.05, 0) is 25.8 Å². The number of aryl methyl sites for hydroxylation is 2. The van der Waals surface area contributed by atoms with Gasteiger partial charge in [-0.25, -0.2) is 9.97 Å². The quantitative estimate of drug-likeness (QED) is 0.766. The van der Waals surface area contributed by atoms with E-state index >= 15 is 0 Å². The van der Waals surface area contributed by atoms with Crippen LogP contribution in [0.3, 0.4) is 0 Å². The first-order valence-electron chi connectivity index (χ1n) is 5.63. The second-order valence-corrected chi connectivity index (χ2v) is 5.14. The fourth-order valence-electron chi connectivity index (χ4n) is 1.63. The normalized spacial score (nSPS) is 12.8. The molecular weight excluding hydrogens is 252 g/mol. The minimum absolute atomic E-state index is 0.543. The molecule has 0 saturated heterocycles. The molecular formula is C12H19BrN2. The van der Waals surface area contributed by atoms with E-state index < -0.39 is 0 Å². The van der Waals surface area contributed by atoms with E-state index in [4.69, 9.17) is 0 Å². The lowest BCUT2D eigenvalue weighted by molar-refractivity contribution is 0.727. The monoisotopic (exact) mass is 270 g/mol. The van der Waals surface area contributed by atoms with Gasteiger partial charge in [0, 0.05) is 22.6 Å². The van der Waals surface area contributed by atoms with E-state index in [2.05, 4.69) is 45.8 Å². The molecule has 0 aromatic carbocycles. The highest BCUT2D eigenvalue weighted by atomic mass is 79.9. The number of aromatic nitrogens is 2. The number of halogens is 1. The van der Waals surface area contributed by atoms with E-state index in [0.717, 1.165) is 30.1 Å². The number of nitrogens with zero attached hydrogens (tertiary/aromatic N) is 2. The molecule has 0 amide bonds. The molecule has 0 radical (unpaired) electrons. The molecule has 0 aliphatic rings. The average Bonchev–Trinajstić information content (AvgIpc) is 2.17. The second-order valence-electron chi connectivity index (χ2n) is 3.84. The summed E-state index contributed by atoms with van der Waals surface area (Å²) in [5.74, 6) is 0.889. The van der Waals surface area contributed by atoms with Gasteiger partial charge in [-0.3, -0.25) is 0 Å². The van der Waals surface area contributed by atoms with E-state index in [1.807, 2.05) is 6.92 Å². The highest BCUT2D eigenvalue weighted by Crippen LogP contribution is 2.14. The van der Waals surface area contributed by atoms with Crippen LogP contribution < -0.4 is 0 Å². The molecule has 2 nitrogen and oxygen atoms in total. The predicted molar refractivity (Wildman–Crippen MR) is 67.5 cm³/mol. The Hall–Kier alpha value is -0.440. The Labute approximate surface area is 101 Å². The molecule has 15 heavy (non-hydrogen) atoms. The van der Waals surface area contributed by atoms with E-state index in [-0.39, 0.29) is 0 Å². The Bertz CT molecular complexity index is 312. The highest BCUT2D eigenvalue weighted by molar-refractivity contribution is 9.09. The molecule has 1 unspecified atom stereocenters. The fraction of sp³-hybridized carbons (Fsp3) is 0.667. The van der Waals surface area contributed by atoms with Crippen LogP contribution in [0.5, 0.6) is 0 Å². The lowest BCUT2D eigenvalue weighted by atomic mass is 10.1. The van der Waals surface area contributed by atoms with Gasteiger partial charge in [0.25, 0.3) is 0 Å². The smallest absolute Gasteiger partial charge is 0.125 e. The average molecular weight is 271 g/mol. The summed E-state index contributed by atoms with van der Waals surface area (Å²) in [5, 5.41) is 0. The van der Waals surface area contributed by atoms with Crippen LogP contribution in [0.2, 0.25) is 0 Å². The van der Waals surface area contributed by atoms with Crippen molar-refractivity contribution in [3.63, 3.8) is 0 Å². The van der Waals surface area contributed by atoms with Crippen molar-refractivity contribution < 1.29 is 0 Å². The number of rotatable bonds is 5. The van der Waals surface area contributed by atoms with Gasteiger partial charge >= 0.3 is 0 Å². The van der Waals surface area contributed by atoms with Crippen molar-refractivity contribution >= 4 is 15.9 Å². The molecule has 0 aliphatic carbocycles. The van der Waals surface area contributed by atoms with Gasteiger partial charge in [0.1, 0.15) is 5.82 Å². The Morgan fingerprint density at radius 3 is 2.53 bits per heavy atom. The predicted octanol–water partition coefficient (Wildman–Crippen LogP) is 3.45. The minimum atomic E-state index is 0.543. The van der Waals surface area contributed by atoms with Crippen molar-refractivity contribution in [1.29, 1.82) is 0 Å². The molecule has 0 N–H and O–H groups in total. The SMILES string of the molecule is CCCC(Br)Cc1cc(CC)nc(C)n1. The van der Waals surface area contributed by atoms with Crippen LogP contribution in [-0.4, -0.2) is 14.8 Å². The van der Waals surface area contributed by atoms with Crippen molar-refractivity contribution in [3.8, 4) is 0 Å². The molecule has 1 heterocycles. The third-order valence-electron chi connectivity index (χ3n) is 2.34. The van der Waals surface area contributed by atoms with Crippen molar-refractivity contribution in [2.24, 2.45) is 0 Å². The molecule has 0 saturated carbocycles. The Morgan fingerprint density at radius 2 is 1.93 bits per heavy atom. The third-order valence-corrected chi connectivity index (χ3v) is 3.12. The van der Waals surface area contributed by atoms with Gasteiger partial charge in [0.05, 0.1) is 0 Å². The first-order valence-corrected chi connectivity index (χ1v) is 6.54. The summed E-state index contributed by atoms with van der Waals surface area (Å²) in [6.07, 6.45) is 4.40. The van der Waals surface area contributed by atoms with Crippen LogP contribution in [0.1, 0.15) is 43.9 Å². The maximum Gasteiger partial charge on any atom is 0.125 e. The summed E-state index contributed by atoms with van der Waals surface area (Å²) in [5.41, 5.74) is 2.31. The largest absolute Gasteiger partial charge is 0.238 e. The van der Waals surface area contributed by atoms with Gasteiger partial charge in [0.15, 0.2) is 0 Å². The van der Waals surface area contributed by atoms with Crippen LogP contribution in [0.25, 0.3) is 0 Å². The van der Waals surface area contributed by atoms with E-state index in [1.165, 1.54) is 12.8 Å². The topological polar surface area (TPSA) is 25.8 Å². The summed E-state index contributed by atoms with van der Waals surface area (Å²) in [7, 11) is 0. The minimum Gasteiger partial charge on any atom is -0.238 e. The number of hydrogen-bond acceptors (Lipinski definition) is 2. The standard InChI is InChI=1S/C12H19BrN2/c1-4-6-10(13)7-12-8-11(5-2)14-9(3)15-12/h8,10H,4-7H2,1-3H3. The van der Waals surface area contributed by atoms with Crippen molar-refractivity contribution in [2.75, 3.05) is 0 Å². The molecule has 0 fully saturated rings. The van der Waals surface area contributed by atoms with E-state index in [0.29, 0.717) is 4.83 Å². The molecule has 1 aromatic rings. The summed E-state index contributed by atoms with van der Waals surface area (Å²) in [6, 6.07) is 2.12. The van der Waals surface area contributed by atoms with Crippen molar-refractivity contribution in [1.82, 2.24) is 9.97 Å². The van der Waals surface area contributed by atoms with Crippen LogP contribution in [0, 0.1) is 6.92 Å². The summed E-state index contributed by atoms with van der Waals surface area (Å²) in [4.78, 5) is 9.39. The Morgan fingerprint density at radius 1 is 1.27 bits per heavy atom. The fourth-order valence-corrected chi connectivity index (χ4v) is 2.41. The van der Waals surface area contributed by atoms with E-state index in [9.17, 15) is 0 Å². The van der Waals surface area contributed by atoms with Gasteiger partial charge in [-0.2, -0.15) is 0 Å². The van der Waals surface area contributed by atoms with Crippen molar-refractivity contribution in [2.45, 2.75) is 51.3 Å². The number of alkyl halides is 1. The highest BCUT2D eigenvalue weighted by Gasteiger charge is 2.07. The second kappa shape index (κ2) is 6.21. The lowest BCUT2D eigenvalue weighted by Gasteiger charge is -2.09. The van der Waals surface area contributed by atoms with Crippen LogP contribution in [0.15, 0.2) is 6.07 Å². The first-order chi connectivity index (χ1) is 7.15. The van der Waals surface area contributed by atoms with Gasteiger partial charge in [-0.15, -0.1) is 0 Å². The summed E-state index contributed by atoms with van der Waals surface area (Å²) in [6.45, 7) is 6.30. The van der Waals surface area contributed by atoms with Crippen LogP contribution >= 0.6 is 15.9 Å². The molecule has 3 heteroatoms. The zero-order valence-electron chi connectivity index (χ0n) is 9.76. The Kier molecular flexibility index (Phi) is 5.23. The van der Waals surface area contributed by atoms with Gasteiger partial charge < -0.3 is 0 Å². The molecule has 1 atom stereocenters. The molecule has 0 aliphatic heterocycles.